The van der Waals surface area contributed by atoms with Crippen LogP contribution >= 0.6 is 0 Å². The molecular formula is C14H20FN. The second kappa shape index (κ2) is 4.96. The molecule has 0 fully saturated rings. The van der Waals surface area contributed by atoms with Gasteiger partial charge in [0.25, 0.3) is 0 Å². The van der Waals surface area contributed by atoms with Crippen LogP contribution in [0.1, 0.15) is 50.3 Å². The molecule has 16 heavy (non-hydrogen) atoms. The zero-order chi connectivity index (χ0) is 11.5. The third kappa shape index (κ3) is 2.43. The SMILES string of the molecule is CCC[C@H](C)NC1CCc2cc(F)ccc21. The van der Waals surface area contributed by atoms with Crippen LogP contribution in [0.2, 0.25) is 0 Å². The van der Waals surface area contributed by atoms with E-state index in [0.29, 0.717) is 12.1 Å². The second-order valence-corrected chi connectivity index (χ2v) is 4.79. The maximum absolute atomic E-state index is 13.1. The van der Waals surface area contributed by atoms with Gasteiger partial charge >= 0.3 is 0 Å². The molecule has 0 heterocycles. The molecule has 2 rings (SSSR count). The number of fused-ring (bicyclic) bond motifs is 1. The molecule has 0 amide bonds. The van der Waals surface area contributed by atoms with E-state index in [1.165, 1.54) is 24.0 Å². The van der Waals surface area contributed by atoms with Gasteiger partial charge in [0.15, 0.2) is 0 Å². The Labute approximate surface area is 97.1 Å². The molecule has 0 bridgehead atoms. The molecule has 1 unspecified atom stereocenters. The molecule has 1 N–H and O–H groups in total. The highest BCUT2D eigenvalue weighted by molar-refractivity contribution is 5.35. The fourth-order valence-corrected chi connectivity index (χ4v) is 2.62. The summed E-state index contributed by atoms with van der Waals surface area (Å²) < 4.78 is 13.1. The minimum absolute atomic E-state index is 0.110. The van der Waals surface area contributed by atoms with E-state index in [1.807, 2.05) is 6.07 Å². The Morgan fingerprint density at radius 2 is 2.31 bits per heavy atom. The van der Waals surface area contributed by atoms with Crippen LogP contribution in [0.3, 0.4) is 0 Å². The fourth-order valence-electron chi connectivity index (χ4n) is 2.62. The molecule has 1 nitrogen and oxygen atoms in total. The van der Waals surface area contributed by atoms with Crippen molar-refractivity contribution in [2.45, 2.75) is 51.6 Å². The molecule has 88 valence electrons. The molecule has 0 aliphatic heterocycles. The van der Waals surface area contributed by atoms with Gasteiger partial charge in [0.2, 0.25) is 0 Å². The Bertz CT molecular complexity index is 362. The van der Waals surface area contributed by atoms with Crippen molar-refractivity contribution in [2.24, 2.45) is 0 Å². The standard InChI is InChI=1S/C14H20FN/c1-3-4-10(2)16-14-8-5-11-9-12(15)6-7-13(11)14/h6-7,9-10,14,16H,3-5,8H2,1-2H3/t10-,14?/m0/s1. The second-order valence-electron chi connectivity index (χ2n) is 4.79. The van der Waals surface area contributed by atoms with E-state index in [0.717, 1.165) is 12.8 Å². The van der Waals surface area contributed by atoms with Gasteiger partial charge < -0.3 is 5.32 Å². The van der Waals surface area contributed by atoms with E-state index >= 15 is 0 Å². The predicted molar refractivity (Wildman–Crippen MR) is 65.0 cm³/mol. The van der Waals surface area contributed by atoms with Crippen LogP contribution in [-0.2, 0) is 6.42 Å². The first-order valence-electron chi connectivity index (χ1n) is 6.25. The summed E-state index contributed by atoms with van der Waals surface area (Å²) in [5, 5.41) is 3.63. The van der Waals surface area contributed by atoms with Crippen molar-refractivity contribution in [2.75, 3.05) is 0 Å². The molecule has 0 radical (unpaired) electrons. The van der Waals surface area contributed by atoms with Gasteiger partial charge in [0, 0.05) is 12.1 Å². The highest BCUT2D eigenvalue weighted by Crippen LogP contribution is 2.31. The zero-order valence-electron chi connectivity index (χ0n) is 10.1. The van der Waals surface area contributed by atoms with Crippen molar-refractivity contribution in [1.82, 2.24) is 5.32 Å². The molecule has 1 aromatic carbocycles. The Balaban J connectivity index is 2.06. The summed E-state index contributed by atoms with van der Waals surface area (Å²) >= 11 is 0. The summed E-state index contributed by atoms with van der Waals surface area (Å²) in [5.41, 5.74) is 2.48. The molecule has 2 atom stereocenters. The Morgan fingerprint density at radius 1 is 1.50 bits per heavy atom. The minimum atomic E-state index is -0.110. The van der Waals surface area contributed by atoms with Crippen LogP contribution in [-0.4, -0.2) is 6.04 Å². The summed E-state index contributed by atoms with van der Waals surface area (Å²) in [5.74, 6) is -0.110. The normalized spacial score (nSPS) is 20.8. The van der Waals surface area contributed by atoms with Gasteiger partial charge in [-0.25, -0.2) is 4.39 Å². The van der Waals surface area contributed by atoms with Gasteiger partial charge in [-0.3, -0.25) is 0 Å². The quantitative estimate of drug-likeness (QED) is 0.819. The van der Waals surface area contributed by atoms with E-state index in [1.54, 1.807) is 12.1 Å². The smallest absolute Gasteiger partial charge is 0.123 e. The van der Waals surface area contributed by atoms with Crippen molar-refractivity contribution in [3.8, 4) is 0 Å². The van der Waals surface area contributed by atoms with Crippen molar-refractivity contribution >= 4 is 0 Å². The molecule has 1 aromatic rings. The minimum Gasteiger partial charge on any atom is -0.307 e. The molecule has 0 saturated heterocycles. The Morgan fingerprint density at radius 3 is 3.06 bits per heavy atom. The van der Waals surface area contributed by atoms with Gasteiger partial charge in [-0.2, -0.15) is 0 Å². The van der Waals surface area contributed by atoms with E-state index < -0.39 is 0 Å². The van der Waals surface area contributed by atoms with Crippen LogP contribution in [0.15, 0.2) is 18.2 Å². The molecular weight excluding hydrogens is 201 g/mol. The lowest BCUT2D eigenvalue weighted by Gasteiger charge is -2.19. The third-order valence-corrected chi connectivity index (χ3v) is 3.39. The van der Waals surface area contributed by atoms with Crippen LogP contribution < -0.4 is 5.32 Å². The number of halogens is 1. The summed E-state index contributed by atoms with van der Waals surface area (Å²) in [6.45, 7) is 4.43. The fraction of sp³-hybridized carbons (Fsp3) is 0.571. The maximum atomic E-state index is 13.1. The lowest BCUT2D eigenvalue weighted by molar-refractivity contribution is 0.431. The number of aryl methyl sites for hydroxylation is 1. The summed E-state index contributed by atoms with van der Waals surface area (Å²) in [6, 6.07) is 6.17. The van der Waals surface area contributed by atoms with Gasteiger partial charge in [-0.1, -0.05) is 19.4 Å². The Hall–Kier alpha value is -0.890. The lowest BCUT2D eigenvalue weighted by atomic mass is 10.1. The highest BCUT2D eigenvalue weighted by Gasteiger charge is 2.23. The predicted octanol–water partition coefficient (Wildman–Crippen LogP) is 3.59. The largest absolute Gasteiger partial charge is 0.307 e. The lowest BCUT2D eigenvalue weighted by Crippen LogP contribution is -2.29. The first kappa shape index (κ1) is 11.6. The number of benzene rings is 1. The average molecular weight is 221 g/mol. The van der Waals surface area contributed by atoms with Crippen molar-refractivity contribution in [3.63, 3.8) is 0 Å². The number of hydrogen-bond donors (Lipinski definition) is 1. The van der Waals surface area contributed by atoms with Gasteiger partial charge in [0.1, 0.15) is 5.82 Å². The van der Waals surface area contributed by atoms with E-state index in [-0.39, 0.29) is 5.82 Å². The molecule has 0 saturated carbocycles. The average Bonchev–Trinajstić information content (AvgIpc) is 2.61. The number of hydrogen-bond acceptors (Lipinski definition) is 1. The van der Waals surface area contributed by atoms with Gasteiger partial charge in [0.05, 0.1) is 0 Å². The maximum Gasteiger partial charge on any atom is 0.123 e. The topological polar surface area (TPSA) is 12.0 Å². The Kier molecular flexibility index (Phi) is 3.59. The van der Waals surface area contributed by atoms with E-state index in [2.05, 4.69) is 19.2 Å². The van der Waals surface area contributed by atoms with Crippen LogP contribution in [0.5, 0.6) is 0 Å². The third-order valence-electron chi connectivity index (χ3n) is 3.39. The van der Waals surface area contributed by atoms with E-state index in [9.17, 15) is 4.39 Å². The summed E-state index contributed by atoms with van der Waals surface area (Å²) in [4.78, 5) is 0. The first-order chi connectivity index (χ1) is 7.70. The van der Waals surface area contributed by atoms with Gasteiger partial charge in [-0.15, -0.1) is 0 Å². The first-order valence-corrected chi connectivity index (χ1v) is 6.25. The molecule has 2 heteroatoms. The van der Waals surface area contributed by atoms with Crippen molar-refractivity contribution in [1.29, 1.82) is 0 Å². The monoisotopic (exact) mass is 221 g/mol. The van der Waals surface area contributed by atoms with Crippen LogP contribution in [0, 0.1) is 5.82 Å². The van der Waals surface area contributed by atoms with Gasteiger partial charge in [-0.05, 0) is 49.4 Å². The molecule has 0 aromatic heterocycles. The summed E-state index contributed by atoms with van der Waals surface area (Å²) in [6.07, 6.45) is 4.51. The zero-order valence-corrected chi connectivity index (χ0v) is 10.1. The number of nitrogens with one attached hydrogen (secondary N) is 1. The van der Waals surface area contributed by atoms with Crippen molar-refractivity contribution in [3.05, 3.63) is 35.1 Å². The van der Waals surface area contributed by atoms with Crippen molar-refractivity contribution < 1.29 is 4.39 Å². The number of rotatable bonds is 4. The molecule has 1 aliphatic carbocycles. The van der Waals surface area contributed by atoms with Crippen LogP contribution in [0.4, 0.5) is 4.39 Å². The summed E-state index contributed by atoms with van der Waals surface area (Å²) in [7, 11) is 0. The molecule has 1 aliphatic rings. The molecule has 0 spiro atoms. The highest BCUT2D eigenvalue weighted by atomic mass is 19.1. The van der Waals surface area contributed by atoms with Crippen LogP contribution in [0.25, 0.3) is 0 Å². The van der Waals surface area contributed by atoms with E-state index in [4.69, 9.17) is 0 Å².